The molecule has 3 aromatic heterocycles. The minimum Gasteiger partial charge on any atom is -0.364 e. The molecule has 3 aromatic rings. The van der Waals surface area contributed by atoms with Crippen LogP contribution in [-0.2, 0) is 0 Å². The summed E-state index contributed by atoms with van der Waals surface area (Å²) in [5, 5.41) is 7.66. The zero-order chi connectivity index (χ0) is 17.8. The van der Waals surface area contributed by atoms with Crippen molar-refractivity contribution in [2.45, 2.75) is 6.92 Å². The van der Waals surface area contributed by atoms with Crippen molar-refractivity contribution >= 4 is 34.9 Å². The molecule has 3 heterocycles. The van der Waals surface area contributed by atoms with E-state index >= 15 is 0 Å². The number of aryl methyl sites for hydroxylation is 1. The van der Waals surface area contributed by atoms with Crippen molar-refractivity contribution in [3.63, 3.8) is 0 Å². The SMILES string of the molecule is Cc1ccc(NC(=O)Nc2csc(-c3ccncc3)n2)nc1C(N)=O. The highest BCUT2D eigenvalue weighted by molar-refractivity contribution is 7.13. The first-order valence-electron chi connectivity index (χ1n) is 7.24. The molecule has 0 aliphatic carbocycles. The Morgan fingerprint density at radius 2 is 1.76 bits per heavy atom. The number of carbonyl (C=O) groups excluding carboxylic acids is 2. The Kier molecular flexibility index (Phi) is 4.66. The fourth-order valence-corrected chi connectivity index (χ4v) is 2.83. The number of rotatable bonds is 4. The van der Waals surface area contributed by atoms with E-state index in [0.717, 1.165) is 10.6 Å². The van der Waals surface area contributed by atoms with Gasteiger partial charge in [0.2, 0.25) is 0 Å². The number of thiazole rings is 1. The number of pyridine rings is 2. The van der Waals surface area contributed by atoms with E-state index in [4.69, 9.17) is 5.73 Å². The van der Waals surface area contributed by atoms with Crippen LogP contribution in [-0.4, -0.2) is 26.9 Å². The van der Waals surface area contributed by atoms with Crippen molar-refractivity contribution in [1.82, 2.24) is 15.0 Å². The van der Waals surface area contributed by atoms with Crippen LogP contribution in [0.15, 0.2) is 42.0 Å². The second-order valence-electron chi connectivity index (χ2n) is 5.08. The molecular weight excluding hydrogens is 340 g/mol. The Morgan fingerprint density at radius 3 is 2.48 bits per heavy atom. The van der Waals surface area contributed by atoms with Crippen molar-refractivity contribution < 1.29 is 9.59 Å². The lowest BCUT2D eigenvalue weighted by Gasteiger charge is -2.07. The Labute approximate surface area is 147 Å². The van der Waals surface area contributed by atoms with Crippen molar-refractivity contribution in [2.24, 2.45) is 5.73 Å². The minimum absolute atomic E-state index is 0.117. The van der Waals surface area contributed by atoms with Crippen LogP contribution in [0, 0.1) is 6.92 Å². The predicted molar refractivity (Wildman–Crippen MR) is 95.5 cm³/mol. The predicted octanol–water partition coefficient (Wildman–Crippen LogP) is 2.65. The van der Waals surface area contributed by atoms with Gasteiger partial charge in [0, 0.05) is 23.3 Å². The van der Waals surface area contributed by atoms with E-state index in [2.05, 4.69) is 25.6 Å². The van der Waals surface area contributed by atoms with Gasteiger partial charge < -0.3 is 5.73 Å². The van der Waals surface area contributed by atoms with Gasteiger partial charge in [-0.3, -0.25) is 20.4 Å². The molecule has 0 aliphatic heterocycles. The van der Waals surface area contributed by atoms with Crippen LogP contribution in [0.2, 0.25) is 0 Å². The quantitative estimate of drug-likeness (QED) is 0.664. The van der Waals surface area contributed by atoms with Crippen LogP contribution < -0.4 is 16.4 Å². The number of hydrogen-bond donors (Lipinski definition) is 3. The molecule has 0 spiro atoms. The molecule has 25 heavy (non-hydrogen) atoms. The maximum atomic E-state index is 12.1. The summed E-state index contributed by atoms with van der Waals surface area (Å²) >= 11 is 1.40. The summed E-state index contributed by atoms with van der Waals surface area (Å²) in [6.45, 7) is 1.72. The van der Waals surface area contributed by atoms with Gasteiger partial charge in [-0.25, -0.2) is 14.8 Å². The second-order valence-corrected chi connectivity index (χ2v) is 5.94. The number of nitrogens with zero attached hydrogens (tertiary/aromatic N) is 3. The lowest BCUT2D eigenvalue weighted by Crippen LogP contribution is -2.22. The normalized spacial score (nSPS) is 10.3. The van der Waals surface area contributed by atoms with E-state index in [0.29, 0.717) is 11.4 Å². The number of carbonyl (C=O) groups is 2. The number of amides is 3. The summed E-state index contributed by atoms with van der Waals surface area (Å²) < 4.78 is 0. The molecule has 0 fully saturated rings. The van der Waals surface area contributed by atoms with Crippen LogP contribution >= 0.6 is 11.3 Å². The minimum atomic E-state index is -0.650. The summed E-state index contributed by atoms with van der Waals surface area (Å²) in [4.78, 5) is 35.7. The van der Waals surface area contributed by atoms with Gasteiger partial charge in [-0.1, -0.05) is 6.07 Å². The van der Waals surface area contributed by atoms with Gasteiger partial charge in [-0.2, -0.15) is 0 Å². The molecule has 3 amide bonds. The van der Waals surface area contributed by atoms with E-state index < -0.39 is 11.9 Å². The maximum absolute atomic E-state index is 12.1. The Hall–Kier alpha value is -3.33. The largest absolute Gasteiger partial charge is 0.364 e. The van der Waals surface area contributed by atoms with E-state index in [1.807, 2.05) is 12.1 Å². The van der Waals surface area contributed by atoms with Gasteiger partial charge >= 0.3 is 6.03 Å². The smallest absolute Gasteiger partial charge is 0.326 e. The average molecular weight is 354 g/mol. The number of urea groups is 1. The molecule has 0 atom stereocenters. The molecule has 0 saturated heterocycles. The van der Waals surface area contributed by atoms with Gasteiger partial charge in [0.1, 0.15) is 22.3 Å². The van der Waals surface area contributed by atoms with Crippen molar-refractivity contribution in [1.29, 1.82) is 0 Å². The maximum Gasteiger partial charge on any atom is 0.326 e. The van der Waals surface area contributed by atoms with Crippen molar-refractivity contribution in [3.8, 4) is 10.6 Å². The Morgan fingerprint density at radius 1 is 1.04 bits per heavy atom. The lowest BCUT2D eigenvalue weighted by molar-refractivity contribution is 0.0995. The Balaban J connectivity index is 1.68. The number of aromatic nitrogens is 3. The number of primary amides is 1. The molecule has 126 valence electrons. The first kappa shape index (κ1) is 16.5. The topological polar surface area (TPSA) is 123 Å². The van der Waals surface area contributed by atoms with Crippen LogP contribution in [0.5, 0.6) is 0 Å². The first-order valence-corrected chi connectivity index (χ1v) is 8.12. The zero-order valence-corrected chi connectivity index (χ0v) is 14.0. The molecule has 0 unspecified atom stereocenters. The van der Waals surface area contributed by atoms with Crippen molar-refractivity contribution in [3.05, 3.63) is 53.3 Å². The van der Waals surface area contributed by atoms with Gasteiger partial charge in [-0.05, 0) is 30.7 Å². The third-order valence-electron chi connectivity index (χ3n) is 3.25. The number of hydrogen-bond acceptors (Lipinski definition) is 6. The molecule has 0 aliphatic rings. The van der Waals surface area contributed by atoms with Gasteiger partial charge in [-0.15, -0.1) is 11.3 Å². The fourth-order valence-electron chi connectivity index (χ4n) is 2.07. The fraction of sp³-hybridized carbons (Fsp3) is 0.0625. The van der Waals surface area contributed by atoms with Crippen LogP contribution in [0.3, 0.4) is 0 Å². The van der Waals surface area contributed by atoms with E-state index in [-0.39, 0.29) is 11.5 Å². The highest BCUT2D eigenvalue weighted by Gasteiger charge is 2.11. The third-order valence-corrected chi connectivity index (χ3v) is 4.14. The highest BCUT2D eigenvalue weighted by atomic mass is 32.1. The number of nitrogens with two attached hydrogens (primary N) is 1. The summed E-state index contributed by atoms with van der Waals surface area (Å²) in [5.74, 6) is -0.0129. The summed E-state index contributed by atoms with van der Waals surface area (Å²) in [6, 6.07) is 6.41. The number of nitrogens with one attached hydrogen (secondary N) is 2. The summed E-state index contributed by atoms with van der Waals surface area (Å²) in [7, 11) is 0. The zero-order valence-electron chi connectivity index (χ0n) is 13.2. The Bertz CT molecular complexity index is 925. The molecule has 0 radical (unpaired) electrons. The standard InChI is InChI=1S/C16H14N6O2S/c1-9-2-3-11(19-13(9)14(17)23)21-16(24)22-12-8-25-15(20-12)10-4-6-18-7-5-10/h2-8H,1H3,(H2,17,23)(H2,19,21,22,24). The lowest BCUT2D eigenvalue weighted by atomic mass is 10.2. The van der Waals surface area contributed by atoms with Crippen molar-refractivity contribution in [2.75, 3.05) is 10.6 Å². The van der Waals surface area contributed by atoms with Gasteiger partial charge in [0.25, 0.3) is 5.91 Å². The van der Waals surface area contributed by atoms with E-state index in [9.17, 15) is 9.59 Å². The first-order chi connectivity index (χ1) is 12.0. The van der Waals surface area contributed by atoms with E-state index in [1.54, 1.807) is 36.8 Å². The van der Waals surface area contributed by atoms with Gasteiger partial charge in [0.05, 0.1) is 0 Å². The second kappa shape index (κ2) is 7.05. The highest BCUT2D eigenvalue weighted by Crippen LogP contribution is 2.25. The molecular formula is C16H14N6O2S. The molecule has 8 nitrogen and oxygen atoms in total. The molecule has 0 saturated carbocycles. The monoisotopic (exact) mass is 354 g/mol. The van der Waals surface area contributed by atoms with Gasteiger partial charge in [0.15, 0.2) is 0 Å². The average Bonchev–Trinajstić information content (AvgIpc) is 3.05. The number of anilines is 2. The van der Waals surface area contributed by atoms with Crippen LogP contribution in [0.25, 0.3) is 10.6 Å². The summed E-state index contributed by atoms with van der Waals surface area (Å²) in [5.41, 5.74) is 6.93. The van der Waals surface area contributed by atoms with E-state index in [1.165, 1.54) is 11.3 Å². The molecule has 4 N–H and O–H groups in total. The van der Waals surface area contributed by atoms with Crippen LogP contribution in [0.1, 0.15) is 16.1 Å². The summed E-state index contributed by atoms with van der Waals surface area (Å²) in [6.07, 6.45) is 3.35. The molecule has 9 heteroatoms. The molecule has 0 aromatic carbocycles. The molecule has 0 bridgehead atoms. The molecule has 3 rings (SSSR count). The van der Waals surface area contributed by atoms with Crippen LogP contribution in [0.4, 0.5) is 16.4 Å². The third kappa shape index (κ3) is 3.96.